The maximum atomic E-state index is 2.74. The van der Waals surface area contributed by atoms with Crippen molar-refractivity contribution in [3.05, 3.63) is 0 Å². The molecule has 184 valence electrons. The van der Waals surface area contributed by atoms with E-state index in [1.165, 1.54) is 55.8 Å². The van der Waals surface area contributed by atoms with Crippen LogP contribution >= 0.6 is 0 Å². The van der Waals surface area contributed by atoms with Crippen LogP contribution in [0.5, 0.6) is 0 Å². The van der Waals surface area contributed by atoms with Crippen LogP contribution in [0.2, 0.25) is 0 Å². The van der Waals surface area contributed by atoms with Crippen LogP contribution in [0, 0.1) is 40.4 Å². The van der Waals surface area contributed by atoms with Crippen molar-refractivity contribution in [1.82, 2.24) is 0 Å². The topological polar surface area (TPSA) is 0 Å². The molecule has 4 saturated carbocycles. The fourth-order valence-electron chi connectivity index (χ4n) is 9.31. The molecule has 0 spiro atoms. The van der Waals surface area contributed by atoms with E-state index in [0.717, 1.165) is 46.2 Å². The lowest BCUT2D eigenvalue weighted by molar-refractivity contribution is -0.899. The fourth-order valence-corrected chi connectivity index (χ4v) is 9.31. The van der Waals surface area contributed by atoms with Gasteiger partial charge in [0, 0.05) is 12.3 Å². The van der Waals surface area contributed by atoms with Crippen molar-refractivity contribution in [3.8, 4) is 0 Å². The molecule has 0 N–H and O–H groups in total. The summed E-state index contributed by atoms with van der Waals surface area (Å²) in [7, 11) is 14.6. The van der Waals surface area contributed by atoms with E-state index >= 15 is 0 Å². The van der Waals surface area contributed by atoms with Gasteiger partial charge >= 0.3 is 0 Å². The molecule has 4 aliphatic carbocycles. The van der Waals surface area contributed by atoms with E-state index in [4.69, 9.17) is 0 Å². The largest absolute Gasteiger partial charge is 1.00 e. The zero-order valence-corrected chi connectivity index (χ0v) is 26.4. The lowest BCUT2D eigenvalue weighted by atomic mass is 9.44. The number of fused-ring (bicyclic) bond motifs is 5. The molecule has 4 fully saturated rings. The molecule has 4 aliphatic rings. The molecule has 9 atom stereocenters. The van der Waals surface area contributed by atoms with Crippen molar-refractivity contribution >= 4 is 0 Å². The Morgan fingerprint density at radius 3 is 1.87 bits per heavy atom. The highest BCUT2D eigenvalue weighted by Gasteiger charge is 2.62. The van der Waals surface area contributed by atoms with Gasteiger partial charge < -0.3 is 56.9 Å². The van der Waals surface area contributed by atoms with Crippen molar-refractivity contribution in [1.29, 1.82) is 0 Å². The minimum absolute atomic E-state index is 0. The zero-order chi connectivity index (χ0) is 21.4. The van der Waals surface area contributed by atoms with E-state index in [2.05, 4.69) is 63.1 Å². The molecule has 4 heteroatoms. The van der Waals surface area contributed by atoms with Crippen molar-refractivity contribution in [2.45, 2.75) is 90.6 Å². The molecule has 0 bridgehead atoms. The Kier molecular flexibility index (Phi) is 8.72. The SMILES string of the molecule is CC(C1CCC2C3CCC4CC([N+](C)(C)C)CCC4(C)C3CCC21C)[N+](C)(C)C.[I-].[I-]. The number of nitrogens with zero attached hydrogens (tertiary/aromatic N) is 2. The summed E-state index contributed by atoms with van der Waals surface area (Å²) in [5, 5.41) is 0. The monoisotopic (exact) mass is 658 g/mol. The van der Waals surface area contributed by atoms with E-state index < -0.39 is 0 Å². The van der Waals surface area contributed by atoms with Crippen molar-refractivity contribution in [2.75, 3.05) is 42.3 Å². The standard InChI is InChI=1S/C27H52N2.2HI/c1-19(28(4,5)6)23-12-13-24-22-11-10-20-18-21(29(7,8)9)14-16-26(20,2)25(22)15-17-27(23,24)3;;/h19-25H,10-18H2,1-9H3;2*1H/q+2;;/p-2. The van der Waals surface area contributed by atoms with Gasteiger partial charge in [-0.2, -0.15) is 0 Å². The van der Waals surface area contributed by atoms with Gasteiger partial charge in [0.2, 0.25) is 0 Å². The Hall–Kier alpha value is 1.38. The normalized spacial score (nSPS) is 46.0. The average Bonchev–Trinajstić information content (AvgIpc) is 2.95. The van der Waals surface area contributed by atoms with E-state index in [1.54, 1.807) is 6.42 Å². The van der Waals surface area contributed by atoms with Crippen LogP contribution in [0.15, 0.2) is 0 Å². The number of hydrogen-bond acceptors (Lipinski definition) is 0. The number of rotatable bonds is 3. The van der Waals surface area contributed by atoms with E-state index in [0.29, 0.717) is 10.8 Å². The minimum atomic E-state index is 0. The van der Waals surface area contributed by atoms with Crippen LogP contribution in [-0.4, -0.2) is 63.3 Å². The van der Waals surface area contributed by atoms with Gasteiger partial charge in [-0.3, -0.25) is 0 Å². The first-order chi connectivity index (χ1) is 13.3. The van der Waals surface area contributed by atoms with Crippen LogP contribution in [0.3, 0.4) is 0 Å². The summed E-state index contributed by atoms with van der Waals surface area (Å²) >= 11 is 0. The highest BCUT2D eigenvalue weighted by atomic mass is 127. The Morgan fingerprint density at radius 1 is 0.710 bits per heavy atom. The molecule has 0 aromatic carbocycles. The van der Waals surface area contributed by atoms with Gasteiger partial charge in [-0.15, -0.1) is 0 Å². The number of halogens is 2. The summed E-state index contributed by atoms with van der Waals surface area (Å²) in [6, 6.07) is 1.67. The predicted octanol–water partition coefficient (Wildman–Crippen LogP) is -0.177. The van der Waals surface area contributed by atoms with Crippen LogP contribution in [-0.2, 0) is 0 Å². The summed E-state index contributed by atoms with van der Waals surface area (Å²) < 4.78 is 2.30. The molecule has 31 heavy (non-hydrogen) atoms. The van der Waals surface area contributed by atoms with Gasteiger partial charge in [0.05, 0.1) is 54.4 Å². The van der Waals surface area contributed by atoms with Gasteiger partial charge in [0.15, 0.2) is 0 Å². The lowest BCUT2D eigenvalue weighted by Crippen LogP contribution is -3.00. The summed E-state index contributed by atoms with van der Waals surface area (Å²) in [6.07, 6.45) is 13.6. The Bertz CT molecular complexity index is 624. The Labute approximate surface area is 228 Å². The first kappa shape index (κ1) is 28.6. The second-order valence-corrected chi connectivity index (χ2v) is 14.3. The van der Waals surface area contributed by atoms with Crippen molar-refractivity contribution in [2.24, 2.45) is 40.4 Å². The summed E-state index contributed by atoms with van der Waals surface area (Å²) in [4.78, 5) is 0. The van der Waals surface area contributed by atoms with E-state index in [9.17, 15) is 0 Å². The molecular weight excluding hydrogens is 606 g/mol. The van der Waals surface area contributed by atoms with Crippen molar-refractivity contribution in [3.63, 3.8) is 0 Å². The quantitative estimate of drug-likeness (QED) is 0.292. The molecule has 0 amide bonds. The molecule has 0 heterocycles. The third-order valence-electron chi connectivity index (χ3n) is 11.6. The fraction of sp³-hybridized carbons (Fsp3) is 1.00. The van der Waals surface area contributed by atoms with E-state index in [1.807, 2.05) is 0 Å². The highest BCUT2D eigenvalue weighted by molar-refractivity contribution is 5.10. The van der Waals surface area contributed by atoms with Gasteiger partial charge in [-0.1, -0.05) is 13.8 Å². The molecule has 2 nitrogen and oxygen atoms in total. The molecule has 9 unspecified atom stereocenters. The Morgan fingerprint density at radius 2 is 1.29 bits per heavy atom. The van der Waals surface area contributed by atoms with Crippen LogP contribution in [0.1, 0.15) is 78.6 Å². The van der Waals surface area contributed by atoms with Gasteiger partial charge in [0.1, 0.15) is 0 Å². The maximum absolute atomic E-state index is 2.74. The summed E-state index contributed by atoms with van der Waals surface area (Å²) in [6.45, 7) is 8.01. The minimum Gasteiger partial charge on any atom is -1.00 e. The molecule has 0 saturated heterocycles. The van der Waals surface area contributed by atoms with Crippen LogP contribution in [0.4, 0.5) is 0 Å². The lowest BCUT2D eigenvalue weighted by Gasteiger charge is -2.62. The second-order valence-electron chi connectivity index (χ2n) is 14.3. The maximum Gasteiger partial charge on any atom is 0.0889 e. The van der Waals surface area contributed by atoms with Gasteiger partial charge in [-0.25, -0.2) is 0 Å². The molecule has 0 radical (unpaired) electrons. The molecule has 0 aromatic heterocycles. The first-order valence-corrected chi connectivity index (χ1v) is 12.9. The zero-order valence-electron chi connectivity index (χ0n) is 22.1. The third-order valence-corrected chi connectivity index (χ3v) is 11.6. The predicted molar refractivity (Wildman–Crippen MR) is 125 cm³/mol. The molecule has 0 aliphatic heterocycles. The first-order valence-electron chi connectivity index (χ1n) is 12.9. The smallest absolute Gasteiger partial charge is 0.0889 e. The van der Waals surface area contributed by atoms with Gasteiger partial charge in [0.25, 0.3) is 0 Å². The molecule has 4 rings (SSSR count). The average molecular weight is 659 g/mol. The highest BCUT2D eigenvalue weighted by Crippen LogP contribution is 2.68. The van der Waals surface area contributed by atoms with Crippen LogP contribution < -0.4 is 48.0 Å². The summed E-state index contributed by atoms with van der Waals surface area (Å²) in [5.41, 5.74) is 1.24. The molecular formula is C27H52I2N2. The molecule has 0 aromatic rings. The van der Waals surface area contributed by atoms with Crippen LogP contribution in [0.25, 0.3) is 0 Å². The number of hydrogen-bond donors (Lipinski definition) is 0. The van der Waals surface area contributed by atoms with E-state index in [-0.39, 0.29) is 48.0 Å². The van der Waals surface area contributed by atoms with Gasteiger partial charge in [-0.05, 0) is 92.8 Å². The second kappa shape index (κ2) is 9.44. The summed E-state index contributed by atoms with van der Waals surface area (Å²) in [5.74, 6) is 4.97. The van der Waals surface area contributed by atoms with Crippen molar-refractivity contribution < 1.29 is 56.9 Å². The third kappa shape index (κ3) is 4.77. The number of quaternary nitrogens is 2. The Balaban J connectivity index is 0.00000171.